The van der Waals surface area contributed by atoms with Crippen LogP contribution in [0.1, 0.15) is 20.8 Å². The molecule has 0 bridgehead atoms. The molecule has 0 aliphatic carbocycles. The Labute approximate surface area is 111 Å². The Kier molecular flexibility index (Phi) is 8.82. The van der Waals surface area contributed by atoms with E-state index in [1.807, 2.05) is 6.92 Å². The van der Waals surface area contributed by atoms with Crippen molar-refractivity contribution >= 4 is 23.7 Å². The van der Waals surface area contributed by atoms with Crippen LogP contribution in [0.5, 0.6) is 0 Å². The zero-order valence-electron chi connectivity index (χ0n) is 10.8. The number of aliphatic hydroxyl groups excluding tert-OH is 1. The van der Waals surface area contributed by atoms with Gasteiger partial charge < -0.3 is 14.6 Å². The Morgan fingerprint density at radius 1 is 1.06 bits per heavy atom. The standard InChI is InChI=1S/C12H18O5S/c1-4-16-11(14)9(13)7-8-10(18-6-3)12(15)17-5-2/h7-8,13H,4-6H2,1-3H3. The van der Waals surface area contributed by atoms with Gasteiger partial charge in [-0.05, 0) is 31.8 Å². The lowest BCUT2D eigenvalue weighted by Gasteiger charge is -2.04. The second-order valence-electron chi connectivity index (χ2n) is 2.96. The first-order valence-electron chi connectivity index (χ1n) is 5.64. The Bertz CT molecular complexity index is 346. The summed E-state index contributed by atoms with van der Waals surface area (Å²) >= 11 is 1.27. The summed E-state index contributed by atoms with van der Waals surface area (Å²) in [6, 6.07) is 0. The fraction of sp³-hybridized carbons (Fsp3) is 0.500. The molecule has 6 heteroatoms. The van der Waals surface area contributed by atoms with E-state index in [0.717, 1.165) is 6.08 Å². The van der Waals surface area contributed by atoms with Crippen LogP contribution >= 0.6 is 11.8 Å². The van der Waals surface area contributed by atoms with E-state index in [-0.39, 0.29) is 13.2 Å². The van der Waals surface area contributed by atoms with Crippen molar-refractivity contribution in [1.29, 1.82) is 0 Å². The van der Waals surface area contributed by atoms with Crippen LogP contribution in [0.25, 0.3) is 0 Å². The highest BCUT2D eigenvalue weighted by molar-refractivity contribution is 8.03. The summed E-state index contributed by atoms with van der Waals surface area (Å²) in [5.74, 6) is -1.16. The van der Waals surface area contributed by atoms with Crippen LogP contribution in [0.15, 0.2) is 22.8 Å². The molecule has 0 fully saturated rings. The molecule has 0 aromatic carbocycles. The van der Waals surface area contributed by atoms with E-state index < -0.39 is 17.7 Å². The maximum absolute atomic E-state index is 11.5. The van der Waals surface area contributed by atoms with Gasteiger partial charge in [0.25, 0.3) is 0 Å². The van der Waals surface area contributed by atoms with Gasteiger partial charge in [0.2, 0.25) is 5.76 Å². The maximum Gasteiger partial charge on any atom is 0.373 e. The molecule has 0 aromatic rings. The molecule has 0 saturated heterocycles. The van der Waals surface area contributed by atoms with Gasteiger partial charge in [-0.15, -0.1) is 11.8 Å². The fourth-order valence-corrected chi connectivity index (χ4v) is 1.61. The number of carbonyl (C=O) groups is 2. The van der Waals surface area contributed by atoms with Gasteiger partial charge in [-0.25, -0.2) is 9.59 Å². The van der Waals surface area contributed by atoms with Gasteiger partial charge in [-0.1, -0.05) is 6.92 Å². The number of ether oxygens (including phenoxy) is 2. The van der Waals surface area contributed by atoms with E-state index in [4.69, 9.17) is 4.74 Å². The van der Waals surface area contributed by atoms with Gasteiger partial charge in [-0.2, -0.15) is 0 Å². The molecule has 0 aliphatic rings. The Balaban J connectivity index is 4.79. The molecule has 5 nitrogen and oxygen atoms in total. The SMILES string of the molecule is CCOC(=O)C(O)=CC=C(SCC)C(=O)OCC. The third-order valence-corrected chi connectivity index (χ3v) is 2.56. The minimum absolute atomic E-state index is 0.175. The Morgan fingerprint density at radius 2 is 1.61 bits per heavy atom. The van der Waals surface area contributed by atoms with Crippen LogP contribution in [0, 0.1) is 0 Å². The van der Waals surface area contributed by atoms with Crippen molar-refractivity contribution < 1.29 is 24.2 Å². The van der Waals surface area contributed by atoms with Crippen LogP contribution in [-0.4, -0.2) is 36.0 Å². The van der Waals surface area contributed by atoms with E-state index in [0.29, 0.717) is 10.7 Å². The number of carbonyl (C=O) groups excluding carboxylic acids is 2. The average molecular weight is 274 g/mol. The molecule has 0 rings (SSSR count). The Morgan fingerprint density at radius 3 is 2.11 bits per heavy atom. The molecule has 0 radical (unpaired) electrons. The van der Waals surface area contributed by atoms with Gasteiger partial charge in [0.1, 0.15) is 0 Å². The number of allylic oxidation sites excluding steroid dienone is 2. The van der Waals surface area contributed by atoms with Gasteiger partial charge >= 0.3 is 11.9 Å². The third kappa shape index (κ3) is 6.34. The summed E-state index contributed by atoms with van der Waals surface area (Å²) in [7, 11) is 0. The summed E-state index contributed by atoms with van der Waals surface area (Å²) < 4.78 is 9.44. The van der Waals surface area contributed by atoms with Gasteiger partial charge in [0, 0.05) is 0 Å². The number of esters is 2. The molecule has 0 unspecified atom stereocenters. The number of thioether (sulfide) groups is 1. The maximum atomic E-state index is 11.5. The predicted molar refractivity (Wildman–Crippen MR) is 70.2 cm³/mol. The van der Waals surface area contributed by atoms with Crippen molar-refractivity contribution in [3.05, 3.63) is 22.8 Å². The molecule has 0 heterocycles. The van der Waals surface area contributed by atoms with Gasteiger partial charge in [-0.3, -0.25) is 0 Å². The summed E-state index contributed by atoms with van der Waals surface area (Å²) in [4.78, 5) is 22.9. The van der Waals surface area contributed by atoms with Gasteiger partial charge in [0.15, 0.2) is 0 Å². The molecular formula is C12H18O5S. The minimum atomic E-state index is -0.821. The van der Waals surface area contributed by atoms with Crippen LogP contribution in [0.3, 0.4) is 0 Å². The van der Waals surface area contributed by atoms with E-state index in [2.05, 4.69) is 4.74 Å². The molecule has 0 atom stereocenters. The highest BCUT2D eigenvalue weighted by atomic mass is 32.2. The second kappa shape index (κ2) is 9.58. The Hall–Kier alpha value is -1.43. The van der Waals surface area contributed by atoms with Crippen LogP contribution in [0.4, 0.5) is 0 Å². The highest BCUT2D eigenvalue weighted by Gasteiger charge is 2.11. The van der Waals surface area contributed by atoms with Gasteiger partial charge in [0.05, 0.1) is 18.1 Å². The van der Waals surface area contributed by atoms with Crippen molar-refractivity contribution in [1.82, 2.24) is 0 Å². The molecule has 102 valence electrons. The zero-order valence-corrected chi connectivity index (χ0v) is 11.6. The van der Waals surface area contributed by atoms with Crippen LogP contribution in [-0.2, 0) is 19.1 Å². The smallest absolute Gasteiger partial charge is 0.373 e. The first kappa shape index (κ1) is 16.6. The molecule has 18 heavy (non-hydrogen) atoms. The quantitative estimate of drug-likeness (QED) is 0.332. The minimum Gasteiger partial charge on any atom is -0.502 e. The number of hydrogen-bond donors (Lipinski definition) is 1. The fourth-order valence-electron chi connectivity index (χ4n) is 0.961. The molecule has 0 amide bonds. The van der Waals surface area contributed by atoms with E-state index >= 15 is 0 Å². The van der Waals surface area contributed by atoms with Crippen LogP contribution in [0.2, 0.25) is 0 Å². The summed E-state index contributed by atoms with van der Waals surface area (Å²) in [5.41, 5.74) is 0. The van der Waals surface area contributed by atoms with Crippen molar-refractivity contribution in [3.8, 4) is 0 Å². The average Bonchev–Trinajstić information content (AvgIpc) is 2.34. The highest BCUT2D eigenvalue weighted by Crippen LogP contribution is 2.17. The van der Waals surface area contributed by atoms with Crippen LogP contribution < -0.4 is 0 Å². The van der Waals surface area contributed by atoms with Crippen molar-refractivity contribution in [3.63, 3.8) is 0 Å². The molecule has 0 spiro atoms. The van der Waals surface area contributed by atoms with E-state index in [1.165, 1.54) is 17.8 Å². The van der Waals surface area contributed by atoms with E-state index in [9.17, 15) is 14.7 Å². The monoisotopic (exact) mass is 274 g/mol. The zero-order chi connectivity index (χ0) is 14.0. The van der Waals surface area contributed by atoms with Crippen molar-refractivity contribution in [2.45, 2.75) is 20.8 Å². The topological polar surface area (TPSA) is 72.8 Å². The summed E-state index contributed by atoms with van der Waals surface area (Å²) in [5, 5.41) is 9.36. The largest absolute Gasteiger partial charge is 0.502 e. The lowest BCUT2D eigenvalue weighted by molar-refractivity contribution is -0.141. The number of aliphatic hydroxyl groups is 1. The molecular weight excluding hydrogens is 256 g/mol. The third-order valence-electron chi connectivity index (χ3n) is 1.65. The van der Waals surface area contributed by atoms with Crippen molar-refractivity contribution in [2.75, 3.05) is 19.0 Å². The molecule has 1 N–H and O–H groups in total. The molecule has 0 saturated carbocycles. The normalized spacial score (nSPS) is 12.2. The van der Waals surface area contributed by atoms with Crippen molar-refractivity contribution in [2.24, 2.45) is 0 Å². The lowest BCUT2D eigenvalue weighted by atomic mass is 10.4. The summed E-state index contributed by atoms with van der Waals surface area (Å²) in [6.07, 6.45) is 2.48. The van der Waals surface area contributed by atoms with E-state index in [1.54, 1.807) is 13.8 Å². The first-order chi connectivity index (χ1) is 8.56. The molecule has 0 aliphatic heterocycles. The lowest BCUT2D eigenvalue weighted by Crippen LogP contribution is -2.08. The predicted octanol–water partition coefficient (Wildman–Crippen LogP) is 2.19. The second-order valence-corrected chi connectivity index (χ2v) is 4.26. The number of rotatable bonds is 7. The molecule has 0 aromatic heterocycles. The number of hydrogen-bond acceptors (Lipinski definition) is 6. The first-order valence-corrected chi connectivity index (χ1v) is 6.63. The summed E-state index contributed by atoms with van der Waals surface area (Å²) in [6.45, 7) is 5.67.